The monoisotopic (exact) mass is 418 g/mol. The number of imidazole rings is 1. The van der Waals surface area contributed by atoms with Crippen LogP contribution in [0.4, 0.5) is 0 Å². The van der Waals surface area contributed by atoms with Crippen LogP contribution in [-0.2, 0) is 21.4 Å². The number of hydrogen-bond acceptors (Lipinski definition) is 5. The van der Waals surface area contributed by atoms with Gasteiger partial charge >= 0.3 is 0 Å². The molecule has 8 nitrogen and oxygen atoms in total. The van der Waals surface area contributed by atoms with Crippen molar-refractivity contribution in [2.75, 3.05) is 33.0 Å². The molecule has 4 rings (SSSR count). The molecule has 0 radical (unpaired) electrons. The van der Waals surface area contributed by atoms with Crippen LogP contribution < -0.4 is 4.74 Å². The van der Waals surface area contributed by atoms with Crippen LogP contribution in [0.5, 0.6) is 5.75 Å². The molecular formula is C20H26N4O4S. The zero-order valence-corrected chi connectivity index (χ0v) is 17.5. The Labute approximate surface area is 171 Å². The molecule has 2 aromatic rings. The molecule has 0 saturated carbocycles. The van der Waals surface area contributed by atoms with E-state index in [2.05, 4.69) is 4.98 Å². The van der Waals surface area contributed by atoms with E-state index in [1.54, 1.807) is 34.7 Å². The standard InChI is InChI=1S/C20H26N4O4S/c1-28-16-5-3-15(4-6-16)17-12-24(29(2,26)27)19-7-9-23(11-18(17)19)20(25)13-22-10-8-21-14-22/h3-6,8,10,14,17-19H,7,9,11-13H2,1-2H3/t17-,18-,19-/m0/s1. The Balaban J connectivity index is 1.57. The highest BCUT2D eigenvalue weighted by Crippen LogP contribution is 2.42. The number of aromatic nitrogens is 2. The fourth-order valence-electron chi connectivity index (χ4n) is 4.64. The predicted octanol–water partition coefficient (Wildman–Crippen LogP) is 1.17. The topological polar surface area (TPSA) is 84.7 Å². The number of sulfonamides is 1. The van der Waals surface area contributed by atoms with Gasteiger partial charge in [-0.15, -0.1) is 0 Å². The third kappa shape index (κ3) is 4.02. The zero-order valence-electron chi connectivity index (χ0n) is 16.6. The maximum Gasteiger partial charge on any atom is 0.242 e. The lowest BCUT2D eigenvalue weighted by atomic mass is 9.82. The molecule has 2 saturated heterocycles. The SMILES string of the molecule is COc1ccc([C@@H]2CN(S(C)(=O)=O)[C@H]3CCN(C(=O)Cn4ccnc4)C[C@@H]23)cc1. The summed E-state index contributed by atoms with van der Waals surface area (Å²) >= 11 is 0. The molecule has 3 atom stereocenters. The first kappa shape index (κ1) is 19.9. The van der Waals surface area contributed by atoms with Gasteiger partial charge in [0.05, 0.1) is 19.7 Å². The first-order valence-electron chi connectivity index (χ1n) is 9.71. The lowest BCUT2D eigenvalue weighted by molar-refractivity contribution is -0.134. The van der Waals surface area contributed by atoms with Crippen LogP contribution >= 0.6 is 0 Å². The van der Waals surface area contributed by atoms with Crippen molar-refractivity contribution in [3.8, 4) is 5.75 Å². The Morgan fingerprint density at radius 2 is 2.00 bits per heavy atom. The fourth-order valence-corrected chi connectivity index (χ4v) is 5.82. The molecule has 2 aliphatic rings. The van der Waals surface area contributed by atoms with Gasteiger partial charge in [0, 0.05) is 49.9 Å². The zero-order chi connectivity index (χ0) is 20.6. The number of ether oxygens (including phenoxy) is 1. The third-order valence-electron chi connectivity index (χ3n) is 6.08. The minimum Gasteiger partial charge on any atom is -0.497 e. The van der Waals surface area contributed by atoms with Crippen LogP contribution in [-0.4, -0.2) is 72.1 Å². The van der Waals surface area contributed by atoms with Crippen molar-refractivity contribution in [3.05, 3.63) is 48.5 Å². The summed E-state index contributed by atoms with van der Waals surface area (Å²) in [6.45, 7) is 1.82. The van der Waals surface area contributed by atoms with E-state index in [1.807, 2.05) is 29.2 Å². The van der Waals surface area contributed by atoms with Crippen LogP contribution in [0, 0.1) is 5.92 Å². The van der Waals surface area contributed by atoms with Crippen LogP contribution in [0.2, 0.25) is 0 Å². The molecule has 2 aliphatic heterocycles. The molecule has 0 unspecified atom stereocenters. The second kappa shape index (κ2) is 7.79. The van der Waals surface area contributed by atoms with Crippen molar-refractivity contribution in [1.82, 2.24) is 18.8 Å². The van der Waals surface area contributed by atoms with Crippen molar-refractivity contribution >= 4 is 15.9 Å². The number of methoxy groups -OCH3 is 1. The van der Waals surface area contributed by atoms with Gasteiger partial charge in [0.2, 0.25) is 15.9 Å². The van der Waals surface area contributed by atoms with Crippen molar-refractivity contribution < 1.29 is 17.9 Å². The number of hydrogen-bond donors (Lipinski definition) is 0. The lowest BCUT2D eigenvalue weighted by Gasteiger charge is -2.38. The minimum absolute atomic E-state index is 0.0349. The number of carbonyl (C=O) groups is 1. The largest absolute Gasteiger partial charge is 0.497 e. The van der Waals surface area contributed by atoms with E-state index in [4.69, 9.17) is 4.74 Å². The van der Waals surface area contributed by atoms with E-state index in [1.165, 1.54) is 6.26 Å². The van der Waals surface area contributed by atoms with E-state index < -0.39 is 10.0 Å². The van der Waals surface area contributed by atoms with E-state index in [0.717, 1.165) is 11.3 Å². The summed E-state index contributed by atoms with van der Waals surface area (Å²) in [7, 11) is -1.69. The average Bonchev–Trinajstić information content (AvgIpc) is 3.35. The lowest BCUT2D eigenvalue weighted by Crippen LogP contribution is -2.50. The molecule has 1 amide bonds. The van der Waals surface area contributed by atoms with Gasteiger partial charge in [0.1, 0.15) is 12.3 Å². The Hall–Kier alpha value is -2.39. The van der Waals surface area contributed by atoms with Gasteiger partial charge in [-0.05, 0) is 24.1 Å². The molecule has 0 N–H and O–H groups in total. The maximum absolute atomic E-state index is 12.8. The average molecular weight is 419 g/mol. The Bertz CT molecular complexity index is 959. The number of nitrogens with zero attached hydrogens (tertiary/aromatic N) is 4. The smallest absolute Gasteiger partial charge is 0.242 e. The van der Waals surface area contributed by atoms with E-state index in [0.29, 0.717) is 26.1 Å². The van der Waals surface area contributed by atoms with Gasteiger partial charge in [-0.3, -0.25) is 4.79 Å². The second-order valence-electron chi connectivity index (χ2n) is 7.81. The van der Waals surface area contributed by atoms with Crippen molar-refractivity contribution in [2.45, 2.75) is 24.9 Å². The quantitative estimate of drug-likeness (QED) is 0.728. The predicted molar refractivity (Wildman–Crippen MR) is 108 cm³/mol. The van der Waals surface area contributed by atoms with Gasteiger partial charge in [-0.2, -0.15) is 4.31 Å². The summed E-state index contributed by atoms with van der Waals surface area (Å²) in [5.74, 6) is 0.917. The van der Waals surface area contributed by atoms with Gasteiger partial charge in [0.25, 0.3) is 0 Å². The highest BCUT2D eigenvalue weighted by molar-refractivity contribution is 7.88. The second-order valence-corrected chi connectivity index (χ2v) is 9.74. The van der Waals surface area contributed by atoms with E-state index >= 15 is 0 Å². The molecule has 0 aliphatic carbocycles. The molecule has 1 aromatic heterocycles. The summed E-state index contributed by atoms with van der Waals surface area (Å²) < 4.78 is 33.4. The number of piperidine rings is 1. The molecule has 3 heterocycles. The van der Waals surface area contributed by atoms with E-state index in [-0.39, 0.29) is 30.3 Å². The number of carbonyl (C=O) groups excluding carboxylic acids is 1. The summed E-state index contributed by atoms with van der Waals surface area (Å²) in [5, 5.41) is 0. The summed E-state index contributed by atoms with van der Waals surface area (Å²) in [5.41, 5.74) is 1.08. The number of likely N-dealkylation sites (tertiary alicyclic amines) is 1. The Kier molecular flexibility index (Phi) is 5.35. The van der Waals surface area contributed by atoms with Crippen LogP contribution in [0.15, 0.2) is 43.0 Å². The van der Waals surface area contributed by atoms with Gasteiger partial charge in [-0.25, -0.2) is 13.4 Å². The normalized spacial score (nSPS) is 25.0. The molecular weight excluding hydrogens is 392 g/mol. The molecule has 29 heavy (non-hydrogen) atoms. The summed E-state index contributed by atoms with van der Waals surface area (Å²) in [4.78, 5) is 18.6. The fraction of sp³-hybridized carbons (Fsp3) is 0.500. The van der Waals surface area contributed by atoms with Crippen LogP contribution in [0.3, 0.4) is 0 Å². The van der Waals surface area contributed by atoms with Crippen molar-refractivity contribution in [1.29, 1.82) is 0 Å². The minimum atomic E-state index is -3.31. The molecule has 9 heteroatoms. The number of amides is 1. The van der Waals surface area contributed by atoms with Gasteiger partial charge in [0.15, 0.2) is 0 Å². The highest BCUT2D eigenvalue weighted by atomic mass is 32.2. The van der Waals surface area contributed by atoms with Gasteiger partial charge in [-0.1, -0.05) is 12.1 Å². The van der Waals surface area contributed by atoms with Crippen LogP contribution in [0.25, 0.3) is 0 Å². The molecule has 2 fully saturated rings. The summed E-state index contributed by atoms with van der Waals surface area (Å²) in [6.07, 6.45) is 6.98. The number of fused-ring (bicyclic) bond motifs is 1. The van der Waals surface area contributed by atoms with Crippen molar-refractivity contribution in [3.63, 3.8) is 0 Å². The molecule has 156 valence electrons. The number of rotatable bonds is 5. The Morgan fingerprint density at radius 3 is 2.62 bits per heavy atom. The van der Waals surface area contributed by atoms with Crippen molar-refractivity contribution in [2.24, 2.45) is 5.92 Å². The molecule has 0 bridgehead atoms. The molecule has 0 spiro atoms. The molecule has 1 aromatic carbocycles. The van der Waals surface area contributed by atoms with Crippen LogP contribution in [0.1, 0.15) is 17.9 Å². The Morgan fingerprint density at radius 1 is 1.24 bits per heavy atom. The number of benzene rings is 1. The third-order valence-corrected chi connectivity index (χ3v) is 7.36. The highest BCUT2D eigenvalue weighted by Gasteiger charge is 2.48. The summed E-state index contributed by atoms with van der Waals surface area (Å²) in [6, 6.07) is 7.72. The first-order chi connectivity index (χ1) is 13.9. The first-order valence-corrected chi connectivity index (χ1v) is 11.6. The van der Waals surface area contributed by atoms with E-state index in [9.17, 15) is 13.2 Å². The van der Waals surface area contributed by atoms with Gasteiger partial charge < -0.3 is 14.2 Å². The maximum atomic E-state index is 12.8.